The number of rotatable bonds is 3. The highest BCUT2D eigenvalue weighted by Gasteiger charge is 2.12. The predicted molar refractivity (Wildman–Crippen MR) is 68.6 cm³/mol. The van der Waals surface area contributed by atoms with Crippen molar-refractivity contribution in [2.45, 2.75) is 25.8 Å². The molecule has 0 bridgehead atoms. The van der Waals surface area contributed by atoms with Gasteiger partial charge in [0.05, 0.1) is 0 Å². The summed E-state index contributed by atoms with van der Waals surface area (Å²) in [6.45, 7) is 6.66. The molecule has 2 nitrogen and oxygen atoms in total. The van der Waals surface area contributed by atoms with Crippen LogP contribution in [0.5, 0.6) is 0 Å². The van der Waals surface area contributed by atoms with Crippen LogP contribution in [-0.2, 0) is 6.42 Å². The Morgan fingerprint density at radius 3 is 2.82 bits per heavy atom. The van der Waals surface area contributed by atoms with Gasteiger partial charge in [-0.2, -0.15) is 0 Å². The van der Waals surface area contributed by atoms with Crippen LogP contribution in [0.4, 0.5) is 4.39 Å². The molecule has 1 unspecified atom stereocenters. The van der Waals surface area contributed by atoms with Gasteiger partial charge in [-0.3, -0.25) is 0 Å². The van der Waals surface area contributed by atoms with Gasteiger partial charge in [-0.15, -0.1) is 0 Å². The van der Waals surface area contributed by atoms with Crippen molar-refractivity contribution in [1.29, 1.82) is 0 Å². The summed E-state index contributed by atoms with van der Waals surface area (Å²) in [5, 5.41) is 3.49. The minimum Gasteiger partial charge on any atom is -0.313 e. The van der Waals surface area contributed by atoms with Gasteiger partial charge in [0.1, 0.15) is 5.82 Å². The van der Waals surface area contributed by atoms with E-state index < -0.39 is 0 Å². The third kappa shape index (κ3) is 4.10. The predicted octanol–water partition coefficient (Wildman–Crippen LogP) is 2.05. The molecule has 1 atom stereocenters. The first-order valence-electron chi connectivity index (χ1n) is 6.44. The van der Waals surface area contributed by atoms with Crippen molar-refractivity contribution >= 4 is 0 Å². The third-order valence-corrected chi connectivity index (χ3v) is 3.43. The topological polar surface area (TPSA) is 15.3 Å². The summed E-state index contributed by atoms with van der Waals surface area (Å²) in [7, 11) is 0. The van der Waals surface area contributed by atoms with Gasteiger partial charge in [0.25, 0.3) is 0 Å². The van der Waals surface area contributed by atoms with E-state index in [0.717, 1.165) is 32.6 Å². The molecule has 0 amide bonds. The molecule has 3 heteroatoms. The Kier molecular flexibility index (Phi) is 4.51. The Bertz CT molecular complexity index is 337. The van der Waals surface area contributed by atoms with Crippen molar-refractivity contribution in [2.75, 3.05) is 26.2 Å². The van der Waals surface area contributed by atoms with Gasteiger partial charge in [0, 0.05) is 25.7 Å². The zero-order valence-corrected chi connectivity index (χ0v) is 10.5. The van der Waals surface area contributed by atoms with Gasteiger partial charge in [-0.05, 0) is 44.0 Å². The summed E-state index contributed by atoms with van der Waals surface area (Å²) in [5.74, 6) is -0.151. The highest BCUT2D eigenvalue weighted by Crippen LogP contribution is 2.06. The summed E-state index contributed by atoms with van der Waals surface area (Å²) in [5.41, 5.74) is 1.22. The Morgan fingerprint density at radius 1 is 1.29 bits per heavy atom. The highest BCUT2D eigenvalue weighted by atomic mass is 19.1. The van der Waals surface area contributed by atoms with Crippen LogP contribution in [0.25, 0.3) is 0 Å². The molecule has 17 heavy (non-hydrogen) atoms. The van der Waals surface area contributed by atoms with Crippen LogP contribution in [0, 0.1) is 5.82 Å². The van der Waals surface area contributed by atoms with Crippen molar-refractivity contribution in [1.82, 2.24) is 10.2 Å². The van der Waals surface area contributed by atoms with Gasteiger partial charge < -0.3 is 10.2 Å². The van der Waals surface area contributed by atoms with Gasteiger partial charge in [-0.25, -0.2) is 4.39 Å². The zero-order valence-electron chi connectivity index (χ0n) is 10.5. The molecule has 1 aliphatic rings. The van der Waals surface area contributed by atoms with Crippen molar-refractivity contribution in [2.24, 2.45) is 0 Å². The first kappa shape index (κ1) is 12.5. The number of hydrogen-bond donors (Lipinski definition) is 1. The average Bonchev–Trinajstić information content (AvgIpc) is 2.54. The van der Waals surface area contributed by atoms with Crippen LogP contribution in [0.1, 0.15) is 18.9 Å². The summed E-state index contributed by atoms with van der Waals surface area (Å²) in [4.78, 5) is 2.49. The molecule has 1 saturated heterocycles. The van der Waals surface area contributed by atoms with Crippen LogP contribution >= 0.6 is 0 Å². The second-order valence-corrected chi connectivity index (χ2v) is 4.86. The fraction of sp³-hybridized carbons (Fsp3) is 0.571. The monoisotopic (exact) mass is 236 g/mol. The van der Waals surface area contributed by atoms with Crippen LogP contribution in [0.3, 0.4) is 0 Å². The molecular weight excluding hydrogens is 215 g/mol. The second-order valence-electron chi connectivity index (χ2n) is 4.86. The summed E-state index contributed by atoms with van der Waals surface area (Å²) in [6.07, 6.45) is 2.22. The van der Waals surface area contributed by atoms with Crippen molar-refractivity contribution in [3.8, 4) is 0 Å². The van der Waals surface area contributed by atoms with E-state index in [9.17, 15) is 4.39 Å². The molecule has 1 aliphatic heterocycles. The maximum atomic E-state index is 12.8. The SMILES string of the molecule is CC1CCN(CCc2ccc(F)cc2)CCN1. The van der Waals surface area contributed by atoms with E-state index in [0.29, 0.717) is 6.04 Å². The first-order valence-corrected chi connectivity index (χ1v) is 6.44. The van der Waals surface area contributed by atoms with Crippen LogP contribution in [-0.4, -0.2) is 37.1 Å². The van der Waals surface area contributed by atoms with Crippen molar-refractivity contribution in [3.05, 3.63) is 35.6 Å². The number of nitrogens with one attached hydrogen (secondary N) is 1. The van der Waals surface area contributed by atoms with Crippen LogP contribution < -0.4 is 5.32 Å². The molecule has 1 heterocycles. The Balaban J connectivity index is 1.79. The largest absolute Gasteiger partial charge is 0.313 e. The molecule has 0 aliphatic carbocycles. The van der Waals surface area contributed by atoms with E-state index in [1.54, 1.807) is 12.1 Å². The molecule has 0 spiro atoms. The maximum Gasteiger partial charge on any atom is 0.123 e. The normalized spacial score (nSPS) is 22.4. The number of halogens is 1. The molecule has 1 aromatic carbocycles. The quantitative estimate of drug-likeness (QED) is 0.864. The van der Waals surface area contributed by atoms with Gasteiger partial charge in [-0.1, -0.05) is 12.1 Å². The lowest BCUT2D eigenvalue weighted by Gasteiger charge is -2.19. The molecule has 94 valence electrons. The van der Waals surface area contributed by atoms with E-state index >= 15 is 0 Å². The molecule has 1 fully saturated rings. The Hall–Kier alpha value is -0.930. The average molecular weight is 236 g/mol. The lowest BCUT2D eigenvalue weighted by Crippen LogP contribution is -2.30. The first-order chi connectivity index (χ1) is 8.24. The molecule has 0 aromatic heterocycles. The summed E-state index contributed by atoms with van der Waals surface area (Å²) < 4.78 is 12.8. The lowest BCUT2D eigenvalue weighted by atomic mass is 10.1. The molecule has 1 aromatic rings. The Morgan fingerprint density at radius 2 is 2.06 bits per heavy atom. The Labute approximate surface area is 103 Å². The van der Waals surface area contributed by atoms with Crippen LogP contribution in [0.2, 0.25) is 0 Å². The zero-order chi connectivity index (χ0) is 12.1. The molecule has 0 radical (unpaired) electrons. The summed E-state index contributed by atoms with van der Waals surface area (Å²) >= 11 is 0. The smallest absolute Gasteiger partial charge is 0.123 e. The second kappa shape index (κ2) is 6.12. The van der Waals surface area contributed by atoms with E-state index in [1.165, 1.54) is 12.0 Å². The fourth-order valence-corrected chi connectivity index (χ4v) is 2.22. The van der Waals surface area contributed by atoms with Crippen LogP contribution in [0.15, 0.2) is 24.3 Å². The standard InChI is InChI=1S/C14H21FN2/c1-12-6-9-17(11-8-16-12)10-7-13-2-4-14(15)5-3-13/h2-5,12,16H,6-11H2,1H3. The maximum absolute atomic E-state index is 12.8. The number of nitrogens with zero attached hydrogens (tertiary/aromatic N) is 1. The van der Waals surface area contributed by atoms with Gasteiger partial charge >= 0.3 is 0 Å². The number of hydrogen-bond acceptors (Lipinski definition) is 2. The fourth-order valence-electron chi connectivity index (χ4n) is 2.22. The number of benzene rings is 1. The van der Waals surface area contributed by atoms with E-state index in [1.807, 2.05) is 12.1 Å². The minimum atomic E-state index is -0.151. The molecule has 0 saturated carbocycles. The van der Waals surface area contributed by atoms with Crippen molar-refractivity contribution < 1.29 is 4.39 Å². The van der Waals surface area contributed by atoms with Gasteiger partial charge in [0.2, 0.25) is 0 Å². The van der Waals surface area contributed by atoms with E-state index in [4.69, 9.17) is 0 Å². The minimum absolute atomic E-state index is 0.151. The molecular formula is C14H21FN2. The lowest BCUT2D eigenvalue weighted by molar-refractivity contribution is 0.294. The third-order valence-electron chi connectivity index (χ3n) is 3.43. The van der Waals surface area contributed by atoms with E-state index in [2.05, 4.69) is 17.1 Å². The molecule has 2 rings (SSSR count). The van der Waals surface area contributed by atoms with Gasteiger partial charge in [0.15, 0.2) is 0 Å². The molecule has 1 N–H and O–H groups in total. The van der Waals surface area contributed by atoms with Crippen molar-refractivity contribution in [3.63, 3.8) is 0 Å². The van der Waals surface area contributed by atoms with E-state index in [-0.39, 0.29) is 5.82 Å². The highest BCUT2D eigenvalue weighted by molar-refractivity contribution is 5.16. The summed E-state index contributed by atoms with van der Waals surface area (Å²) in [6, 6.07) is 7.48.